The van der Waals surface area contributed by atoms with Crippen LogP contribution in [0.25, 0.3) is 22.6 Å². The lowest BCUT2D eigenvalue weighted by Gasteiger charge is -2.38. The quantitative estimate of drug-likeness (QED) is 0.172. The highest BCUT2D eigenvalue weighted by Crippen LogP contribution is 2.58. The first-order chi connectivity index (χ1) is 20.8. The van der Waals surface area contributed by atoms with E-state index in [9.17, 15) is 0 Å². The third-order valence-corrected chi connectivity index (χ3v) is 12.8. The summed E-state index contributed by atoms with van der Waals surface area (Å²) < 4.78 is 21.2. The maximum absolute atomic E-state index is 6.92. The molecule has 4 heterocycles. The number of hydrogen-bond donors (Lipinski definition) is 0. The Kier molecular flexibility index (Phi) is 7.78. The lowest BCUT2D eigenvalue weighted by molar-refractivity contribution is 0.0723. The molecule has 1 saturated heterocycles. The molecule has 0 bridgehead atoms. The standard InChI is InChI=1S/C32H28Br2N5O2PS/c1-21-20-28(22(2)38(21)26-14-12-25(34)13-15-26)29-30-31(39(36-29)27-6-4-3-5-7-27)35-32(23-8-10-24(33)11-9-23)41-42(30,43)37-16-18-40-19-17-37/h3-15,20H,16-19H2,1-2H3. The SMILES string of the molecule is Cc1cc(-c2nn(-c3ccccc3)c3c2P(=S)(N2CCOCC2)OC(c2ccc(Br)cc2)=N3)c(C)n1-c1ccc(Br)cc1. The molecule has 1 unspecified atom stereocenters. The molecule has 0 aliphatic carbocycles. The van der Waals surface area contributed by atoms with Gasteiger partial charge in [0, 0.05) is 50.2 Å². The molecule has 218 valence electrons. The predicted octanol–water partition coefficient (Wildman–Crippen LogP) is 7.85. The number of aryl methyl sites for hydroxylation is 1. The van der Waals surface area contributed by atoms with Gasteiger partial charge in [-0.05, 0) is 92.4 Å². The van der Waals surface area contributed by atoms with Gasteiger partial charge in [-0.1, -0.05) is 50.1 Å². The number of hydrogen-bond acceptors (Lipinski definition) is 5. The Labute approximate surface area is 272 Å². The van der Waals surface area contributed by atoms with Crippen molar-refractivity contribution < 1.29 is 9.26 Å². The van der Waals surface area contributed by atoms with Gasteiger partial charge in [0.05, 0.1) is 18.9 Å². The van der Waals surface area contributed by atoms with E-state index in [1.807, 2.05) is 59.3 Å². The van der Waals surface area contributed by atoms with E-state index < -0.39 is 6.42 Å². The molecule has 5 aromatic rings. The van der Waals surface area contributed by atoms with Crippen LogP contribution in [-0.2, 0) is 21.1 Å². The summed E-state index contributed by atoms with van der Waals surface area (Å²) in [6, 6.07) is 28.7. The van der Waals surface area contributed by atoms with Gasteiger partial charge in [-0.15, -0.1) is 0 Å². The van der Waals surface area contributed by atoms with Gasteiger partial charge in [-0.3, -0.25) is 0 Å². The first kappa shape index (κ1) is 28.9. The molecular formula is C32H28Br2N5O2PS. The third kappa shape index (κ3) is 5.18. The molecule has 7 rings (SSSR count). The van der Waals surface area contributed by atoms with Crippen LogP contribution in [0.2, 0.25) is 0 Å². The van der Waals surface area contributed by atoms with Gasteiger partial charge in [0.1, 0.15) is 11.0 Å². The number of halogens is 2. The summed E-state index contributed by atoms with van der Waals surface area (Å²) >= 11 is 13.8. The van der Waals surface area contributed by atoms with Crippen LogP contribution in [-0.4, -0.2) is 51.2 Å². The largest absolute Gasteiger partial charge is 0.431 e. The predicted molar refractivity (Wildman–Crippen MR) is 183 cm³/mol. The van der Waals surface area contributed by atoms with E-state index in [4.69, 9.17) is 31.2 Å². The van der Waals surface area contributed by atoms with Crippen molar-refractivity contribution in [3.63, 3.8) is 0 Å². The fraction of sp³-hybridized carbons (Fsp3) is 0.188. The molecule has 2 aliphatic heterocycles. The van der Waals surface area contributed by atoms with Crippen molar-refractivity contribution in [2.45, 2.75) is 13.8 Å². The van der Waals surface area contributed by atoms with Crippen LogP contribution in [0.3, 0.4) is 0 Å². The molecule has 0 saturated carbocycles. The molecule has 1 fully saturated rings. The molecule has 2 aromatic heterocycles. The van der Waals surface area contributed by atoms with Crippen LogP contribution in [0.4, 0.5) is 5.82 Å². The molecule has 7 nitrogen and oxygen atoms in total. The Morgan fingerprint density at radius 3 is 2.16 bits per heavy atom. The highest BCUT2D eigenvalue weighted by molar-refractivity contribution is 9.10. The van der Waals surface area contributed by atoms with Crippen LogP contribution in [0.15, 0.2) is 98.9 Å². The second-order valence-corrected chi connectivity index (χ2v) is 16.0. The minimum Gasteiger partial charge on any atom is -0.431 e. The minimum absolute atomic E-state index is 0.513. The average Bonchev–Trinajstić information content (AvgIpc) is 3.56. The summed E-state index contributed by atoms with van der Waals surface area (Å²) in [5.41, 5.74) is 6.87. The zero-order valence-corrected chi connectivity index (χ0v) is 28.5. The number of aliphatic imine (C=N–C) groups is 1. The number of benzene rings is 3. The molecular weight excluding hydrogens is 709 g/mol. The average molecular weight is 737 g/mol. The Hall–Kier alpha value is -2.85. The summed E-state index contributed by atoms with van der Waals surface area (Å²) in [6.07, 6.45) is -2.87. The Balaban J connectivity index is 1.51. The maximum Gasteiger partial charge on any atom is 0.227 e. The first-order valence-corrected chi connectivity index (χ1v) is 18.2. The Morgan fingerprint density at radius 2 is 1.49 bits per heavy atom. The van der Waals surface area contributed by atoms with Crippen molar-refractivity contribution in [1.29, 1.82) is 0 Å². The summed E-state index contributed by atoms with van der Waals surface area (Å²) in [6.45, 7) is 6.81. The number of morpholine rings is 1. The highest BCUT2D eigenvalue weighted by Gasteiger charge is 2.44. The molecule has 0 amide bonds. The highest BCUT2D eigenvalue weighted by atomic mass is 79.9. The number of fused-ring (bicyclic) bond motifs is 1. The molecule has 0 spiro atoms. The van der Waals surface area contributed by atoms with Crippen molar-refractivity contribution in [3.8, 4) is 22.6 Å². The minimum atomic E-state index is -2.87. The van der Waals surface area contributed by atoms with Gasteiger partial charge in [0.25, 0.3) is 0 Å². The van der Waals surface area contributed by atoms with Crippen molar-refractivity contribution in [2.75, 3.05) is 26.3 Å². The van der Waals surface area contributed by atoms with Gasteiger partial charge in [-0.25, -0.2) is 9.35 Å². The topological polar surface area (TPSA) is 56.8 Å². The van der Waals surface area contributed by atoms with Crippen LogP contribution in [0.1, 0.15) is 17.0 Å². The lowest BCUT2D eigenvalue weighted by atomic mass is 10.2. The monoisotopic (exact) mass is 735 g/mol. The maximum atomic E-state index is 6.92. The van der Waals surface area contributed by atoms with Crippen molar-refractivity contribution in [2.24, 2.45) is 4.99 Å². The van der Waals surface area contributed by atoms with Gasteiger partial charge in [0.15, 0.2) is 5.82 Å². The summed E-state index contributed by atoms with van der Waals surface area (Å²) in [4.78, 5) is 5.16. The second kappa shape index (κ2) is 11.6. The van der Waals surface area contributed by atoms with Crippen molar-refractivity contribution in [3.05, 3.63) is 111 Å². The van der Waals surface area contributed by atoms with Gasteiger partial charge >= 0.3 is 0 Å². The van der Waals surface area contributed by atoms with Crippen LogP contribution in [0, 0.1) is 13.8 Å². The molecule has 11 heteroatoms. The molecule has 2 aliphatic rings. The van der Waals surface area contributed by atoms with Gasteiger partial charge in [0.2, 0.25) is 12.3 Å². The van der Waals surface area contributed by atoms with E-state index in [2.05, 4.69) is 85.3 Å². The summed E-state index contributed by atoms with van der Waals surface area (Å²) in [5.74, 6) is 1.23. The first-order valence-electron chi connectivity index (χ1n) is 14.0. The molecule has 0 radical (unpaired) electrons. The van der Waals surface area contributed by atoms with E-state index in [1.54, 1.807) is 0 Å². The zero-order valence-electron chi connectivity index (χ0n) is 23.6. The van der Waals surface area contributed by atoms with Gasteiger partial charge < -0.3 is 13.8 Å². The van der Waals surface area contributed by atoms with Crippen molar-refractivity contribution >= 4 is 67.1 Å². The van der Waals surface area contributed by atoms with Crippen LogP contribution < -0.4 is 5.30 Å². The molecule has 43 heavy (non-hydrogen) atoms. The number of aromatic nitrogens is 3. The fourth-order valence-corrected chi connectivity index (χ4v) is 9.81. The fourth-order valence-electron chi connectivity index (χ4n) is 5.69. The zero-order chi connectivity index (χ0) is 29.7. The number of ether oxygens (including phenoxy) is 1. The van der Waals surface area contributed by atoms with E-state index in [-0.39, 0.29) is 0 Å². The number of para-hydroxylation sites is 1. The van der Waals surface area contributed by atoms with Crippen LogP contribution >= 0.6 is 38.3 Å². The summed E-state index contributed by atoms with van der Waals surface area (Å²) in [5, 5.41) is 6.17. The Bertz CT molecular complexity index is 1900. The number of rotatable bonds is 5. The smallest absolute Gasteiger partial charge is 0.227 e. The van der Waals surface area contributed by atoms with E-state index in [0.29, 0.717) is 38.0 Å². The van der Waals surface area contributed by atoms with E-state index in [1.165, 1.54) is 0 Å². The summed E-state index contributed by atoms with van der Waals surface area (Å²) in [7, 11) is 0. The normalized spacial score (nSPS) is 18.7. The van der Waals surface area contributed by atoms with Crippen LogP contribution in [0.5, 0.6) is 0 Å². The molecule has 0 N–H and O–H groups in total. The lowest BCUT2D eigenvalue weighted by Crippen LogP contribution is -2.39. The van der Waals surface area contributed by atoms with Gasteiger partial charge in [-0.2, -0.15) is 10.1 Å². The number of nitrogens with zero attached hydrogens (tertiary/aromatic N) is 5. The van der Waals surface area contributed by atoms with Crippen molar-refractivity contribution in [1.82, 2.24) is 19.0 Å². The molecule has 1 atom stereocenters. The molecule has 3 aromatic carbocycles. The third-order valence-electron chi connectivity index (χ3n) is 7.76. The Morgan fingerprint density at radius 1 is 0.837 bits per heavy atom. The second-order valence-electron chi connectivity index (χ2n) is 10.5. The van der Waals surface area contributed by atoms with E-state index >= 15 is 0 Å². The van der Waals surface area contributed by atoms with E-state index in [0.717, 1.165) is 53.8 Å².